The molecule has 0 bridgehead atoms. The Morgan fingerprint density at radius 1 is 1.27 bits per heavy atom. The van der Waals surface area contributed by atoms with Crippen LogP contribution in [0.5, 0.6) is 0 Å². The molecule has 0 aromatic carbocycles. The lowest BCUT2D eigenvalue weighted by atomic mass is 10.2. The van der Waals surface area contributed by atoms with Gasteiger partial charge in [0.1, 0.15) is 5.03 Å². The second kappa shape index (κ2) is 12.4. The molecule has 2 atom stereocenters. The normalized spacial score (nSPS) is 15.4. The molecule has 1 saturated heterocycles. The topological polar surface area (TPSA) is 74.3 Å². The highest BCUT2D eigenvalue weighted by Gasteiger charge is 2.25. The highest BCUT2D eigenvalue weighted by atomic mass is 35.5. The summed E-state index contributed by atoms with van der Waals surface area (Å²) in [5, 5.41) is 6.33. The summed E-state index contributed by atoms with van der Waals surface area (Å²) in [4.78, 5) is 31.1. The molecule has 6 nitrogen and oxygen atoms in total. The molecule has 0 spiro atoms. The first-order chi connectivity index (χ1) is 11.5. The van der Waals surface area contributed by atoms with E-state index in [0.717, 1.165) is 25.9 Å². The third kappa shape index (κ3) is 6.95. The van der Waals surface area contributed by atoms with Crippen LogP contribution in [0.2, 0.25) is 0 Å². The van der Waals surface area contributed by atoms with Crippen LogP contribution in [0.15, 0.2) is 23.4 Å². The molecule has 2 unspecified atom stereocenters. The summed E-state index contributed by atoms with van der Waals surface area (Å²) in [6.45, 7) is 6.08. The molecule has 2 N–H and O–H groups in total. The first-order valence-electron chi connectivity index (χ1n) is 8.39. The number of aromatic nitrogens is 1. The minimum Gasteiger partial charge on any atom is -0.350 e. The van der Waals surface area contributed by atoms with Crippen LogP contribution in [0.3, 0.4) is 0 Å². The minimum absolute atomic E-state index is 0. The summed E-state index contributed by atoms with van der Waals surface area (Å²) in [5.41, 5.74) is 0.520. The van der Waals surface area contributed by atoms with E-state index < -0.39 is 0 Å². The van der Waals surface area contributed by atoms with Gasteiger partial charge < -0.3 is 15.5 Å². The van der Waals surface area contributed by atoms with Crippen LogP contribution < -0.4 is 10.6 Å². The number of nitrogens with one attached hydrogen (secondary N) is 2. The number of amides is 2. The lowest BCUT2D eigenvalue weighted by Crippen LogP contribution is -2.37. The molecule has 2 amide bonds. The standard InChI is InChI=1S/C17H26N4O2S.2ClH/c1-12(18-3)11-20-15(22)14-7-6-8-19-16(14)24-13(2)17(23)21-9-4-5-10-21;;/h6-8,12-13,18H,4-5,9-11H2,1-3H3,(H,20,22);2*1H. The van der Waals surface area contributed by atoms with E-state index in [-0.39, 0.29) is 47.9 Å². The summed E-state index contributed by atoms with van der Waals surface area (Å²) in [6.07, 6.45) is 3.80. The Morgan fingerprint density at radius 3 is 2.54 bits per heavy atom. The number of carbonyl (C=O) groups is 2. The molecule has 1 aromatic heterocycles. The Labute approximate surface area is 172 Å². The first-order valence-corrected chi connectivity index (χ1v) is 9.26. The van der Waals surface area contributed by atoms with Crippen LogP contribution >= 0.6 is 36.6 Å². The molecule has 148 valence electrons. The van der Waals surface area contributed by atoms with Gasteiger partial charge in [0.15, 0.2) is 0 Å². The molecule has 9 heteroatoms. The van der Waals surface area contributed by atoms with Crippen molar-refractivity contribution in [3.63, 3.8) is 0 Å². The Morgan fingerprint density at radius 2 is 1.92 bits per heavy atom. The molecule has 0 aliphatic carbocycles. The maximum absolute atomic E-state index is 12.5. The van der Waals surface area contributed by atoms with Gasteiger partial charge in [0.05, 0.1) is 10.8 Å². The SMILES string of the molecule is CNC(C)CNC(=O)c1cccnc1SC(C)C(=O)N1CCCC1.Cl.Cl. The van der Waals surface area contributed by atoms with Crippen molar-refractivity contribution in [1.82, 2.24) is 20.5 Å². The smallest absolute Gasteiger partial charge is 0.254 e. The number of thioether (sulfide) groups is 1. The molecular weight excluding hydrogens is 395 g/mol. The van der Waals surface area contributed by atoms with Crippen molar-refractivity contribution in [2.75, 3.05) is 26.7 Å². The van der Waals surface area contributed by atoms with Crippen molar-refractivity contribution in [3.8, 4) is 0 Å². The number of carbonyl (C=O) groups excluding carboxylic acids is 2. The molecule has 26 heavy (non-hydrogen) atoms. The zero-order valence-electron chi connectivity index (χ0n) is 15.4. The largest absolute Gasteiger partial charge is 0.350 e. The van der Waals surface area contributed by atoms with Crippen molar-refractivity contribution in [3.05, 3.63) is 23.9 Å². The number of hydrogen-bond acceptors (Lipinski definition) is 5. The Hall–Kier alpha value is -1.02. The van der Waals surface area contributed by atoms with E-state index in [9.17, 15) is 9.59 Å². The number of halogens is 2. The zero-order valence-corrected chi connectivity index (χ0v) is 17.8. The zero-order chi connectivity index (χ0) is 17.5. The van der Waals surface area contributed by atoms with E-state index in [2.05, 4.69) is 15.6 Å². The van der Waals surface area contributed by atoms with Crippen LogP contribution in [0.25, 0.3) is 0 Å². The van der Waals surface area contributed by atoms with Gasteiger partial charge in [-0.1, -0.05) is 11.8 Å². The second-order valence-electron chi connectivity index (χ2n) is 6.05. The van der Waals surface area contributed by atoms with Crippen molar-refractivity contribution < 1.29 is 9.59 Å². The molecule has 1 aliphatic heterocycles. The summed E-state index contributed by atoms with van der Waals surface area (Å²) in [6, 6.07) is 3.69. The fraction of sp³-hybridized carbons (Fsp3) is 0.588. The molecule has 1 aliphatic rings. The highest BCUT2D eigenvalue weighted by Crippen LogP contribution is 2.26. The number of pyridine rings is 1. The molecule has 2 rings (SSSR count). The van der Waals surface area contributed by atoms with Gasteiger partial charge in [-0.3, -0.25) is 9.59 Å². The molecule has 2 heterocycles. The van der Waals surface area contributed by atoms with Crippen molar-refractivity contribution in [2.24, 2.45) is 0 Å². The first kappa shape index (κ1) is 25.0. The predicted octanol–water partition coefficient (Wildman–Crippen LogP) is 2.37. The summed E-state index contributed by atoms with van der Waals surface area (Å²) >= 11 is 1.35. The maximum Gasteiger partial charge on any atom is 0.254 e. The Balaban J connectivity index is 0.00000312. The van der Waals surface area contributed by atoms with Crippen molar-refractivity contribution >= 4 is 48.4 Å². The summed E-state index contributed by atoms with van der Waals surface area (Å²) < 4.78 is 0. The van der Waals surface area contributed by atoms with Gasteiger partial charge >= 0.3 is 0 Å². The maximum atomic E-state index is 12.5. The molecule has 1 aromatic rings. The average Bonchev–Trinajstić information content (AvgIpc) is 3.13. The molecule has 0 radical (unpaired) electrons. The quantitative estimate of drug-likeness (QED) is 0.659. The van der Waals surface area contributed by atoms with Crippen LogP contribution in [0.4, 0.5) is 0 Å². The fourth-order valence-electron chi connectivity index (χ4n) is 2.51. The van der Waals surface area contributed by atoms with Gasteiger partial charge in [-0.25, -0.2) is 4.98 Å². The fourth-order valence-corrected chi connectivity index (χ4v) is 3.51. The number of rotatable bonds is 7. The molecule has 1 fully saturated rings. The third-order valence-electron chi connectivity index (χ3n) is 4.13. The van der Waals surface area contributed by atoms with E-state index >= 15 is 0 Å². The van der Waals surface area contributed by atoms with Crippen LogP contribution in [-0.2, 0) is 4.79 Å². The van der Waals surface area contributed by atoms with Gasteiger partial charge in [-0.05, 0) is 45.9 Å². The monoisotopic (exact) mass is 422 g/mol. The Kier molecular flexibility index (Phi) is 11.9. The van der Waals surface area contributed by atoms with Gasteiger partial charge in [-0.15, -0.1) is 24.8 Å². The van der Waals surface area contributed by atoms with E-state index in [0.29, 0.717) is 17.1 Å². The van der Waals surface area contributed by atoms with Gasteiger partial charge in [0, 0.05) is 31.9 Å². The molecule has 0 saturated carbocycles. The Bertz CT molecular complexity index is 586. The van der Waals surface area contributed by atoms with Crippen molar-refractivity contribution in [1.29, 1.82) is 0 Å². The van der Waals surface area contributed by atoms with Crippen LogP contribution in [0.1, 0.15) is 37.0 Å². The molecular formula is C17H28Cl2N4O2S. The number of likely N-dealkylation sites (tertiary alicyclic amines) is 1. The van der Waals surface area contributed by atoms with E-state index in [1.54, 1.807) is 18.3 Å². The van der Waals surface area contributed by atoms with Gasteiger partial charge in [0.2, 0.25) is 5.91 Å². The van der Waals surface area contributed by atoms with Gasteiger partial charge in [-0.2, -0.15) is 0 Å². The number of hydrogen-bond donors (Lipinski definition) is 2. The van der Waals surface area contributed by atoms with Crippen LogP contribution in [-0.4, -0.2) is 59.7 Å². The average molecular weight is 423 g/mol. The number of nitrogens with zero attached hydrogens (tertiary/aromatic N) is 2. The van der Waals surface area contributed by atoms with Crippen molar-refractivity contribution in [2.45, 2.75) is 43.0 Å². The second-order valence-corrected chi connectivity index (χ2v) is 7.38. The van der Waals surface area contributed by atoms with Gasteiger partial charge in [0.25, 0.3) is 5.91 Å². The predicted molar refractivity (Wildman–Crippen MR) is 111 cm³/mol. The van der Waals surface area contributed by atoms with E-state index in [1.165, 1.54) is 11.8 Å². The summed E-state index contributed by atoms with van der Waals surface area (Å²) in [7, 11) is 1.85. The minimum atomic E-state index is -0.249. The lowest BCUT2D eigenvalue weighted by molar-refractivity contribution is -0.129. The highest BCUT2D eigenvalue weighted by molar-refractivity contribution is 8.00. The van der Waals surface area contributed by atoms with E-state index in [1.807, 2.05) is 25.8 Å². The van der Waals surface area contributed by atoms with Crippen LogP contribution in [0, 0.1) is 0 Å². The summed E-state index contributed by atoms with van der Waals surface area (Å²) in [5.74, 6) is -0.0353. The third-order valence-corrected chi connectivity index (χ3v) is 5.24. The number of likely N-dealkylation sites (N-methyl/N-ethyl adjacent to an activating group) is 1. The van der Waals surface area contributed by atoms with E-state index in [4.69, 9.17) is 0 Å². The lowest BCUT2D eigenvalue weighted by Gasteiger charge is -2.20.